The van der Waals surface area contributed by atoms with Gasteiger partial charge in [-0.2, -0.15) is 0 Å². The molecule has 2 atom stereocenters. The molecule has 2 aromatic rings. The van der Waals surface area contributed by atoms with Gasteiger partial charge in [0, 0.05) is 43.5 Å². The molecule has 178 valence electrons. The predicted molar refractivity (Wildman–Crippen MR) is 131 cm³/mol. The molecule has 0 aromatic heterocycles. The van der Waals surface area contributed by atoms with Crippen molar-refractivity contribution in [3.8, 4) is 17.2 Å². The second-order valence-corrected chi connectivity index (χ2v) is 9.67. The van der Waals surface area contributed by atoms with Gasteiger partial charge in [0.1, 0.15) is 0 Å². The molecular formula is C26H34N2O4S. The highest BCUT2D eigenvalue weighted by Gasteiger charge is 2.39. The molecule has 0 radical (unpaired) electrons. The summed E-state index contributed by atoms with van der Waals surface area (Å²) in [5.74, 6) is 2.56. The van der Waals surface area contributed by atoms with Crippen LogP contribution in [0.2, 0.25) is 0 Å². The summed E-state index contributed by atoms with van der Waals surface area (Å²) in [6.45, 7) is 3.57. The Bertz CT molecular complexity index is 940. The number of hydrogen-bond acceptors (Lipinski definition) is 6. The number of ether oxygens (including phenoxy) is 3. The first-order chi connectivity index (χ1) is 16.1. The number of nitrogens with zero attached hydrogens (tertiary/aromatic N) is 2. The Hall–Kier alpha value is -2.38. The number of methoxy groups -OCH3 is 3. The van der Waals surface area contributed by atoms with Crippen molar-refractivity contribution in [2.75, 3.05) is 40.7 Å². The maximum absolute atomic E-state index is 12.9. The molecule has 2 saturated heterocycles. The normalized spacial score (nSPS) is 21.0. The van der Waals surface area contributed by atoms with E-state index in [1.807, 2.05) is 12.1 Å². The van der Waals surface area contributed by atoms with Crippen molar-refractivity contribution in [3.05, 3.63) is 47.5 Å². The topological polar surface area (TPSA) is 51.2 Å². The van der Waals surface area contributed by atoms with Crippen LogP contribution in [0.3, 0.4) is 0 Å². The maximum Gasteiger partial charge on any atom is 0.223 e. The number of carbonyl (C=O) groups excluding carboxylic acids is 1. The van der Waals surface area contributed by atoms with E-state index >= 15 is 0 Å². The van der Waals surface area contributed by atoms with Crippen LogP contribution in [0.1, 0.15) is 30.4 Å². The molecule has 0 bridgehead atoms. The second kappa shape index (κ2) is 10.7. The van der Waals surface area contributed by atoms with E-state index < -0.39 is 0 Å². The highest BCUT2D eigenvalue weighted by Crippen LogP contribution is 2.40. The number of thioether (sulfide) groups is 1. The van der Waals surface area contributed by atoms with E-state index in [9.17, 15) is 4.79 Å². The summed E-state index contributed by atoms with van der Waals surface area (Å²) in [5.41, 5.74) is 2.35. The first-order valence-corrected chi connectivity index (χ1v) is 12.7. The molecule has 0 saturated carbocycles. The van der Waals surface area contributed by atoms with Gasteiger partial charge in [-0.3, -0.25) is 9.69 Å². The monoisotopic (exact) mass is 470 g/mol. The van der Waals surface area contributed by atoms with Crippen molar-refractivity contribution < 1.29 is 19.0 Å². The van der Waals surface area contributed by atoms with Gasteiger partial charge >= 0.3 is 0 Å². The average Bonchev–Trinajstić information content (AvgIpc) is 2.85. The van der Waals surface area contributed by atoms with E-state index in [0.29, 0.717) is 36.1 Å². The minimum Gasteiger partial charge on any atom is -0.493 e. The zero-order valence-electron chi connectivity index (χ0n) is 20.0. The number of piperidine rings is 2. The lowest BCUT2D eigenvalue weighted by Crippen LogP contribution is -2.55. The van der Waals surface area contributed by atoms with E-state index in [-0.39, 0.29) is 11.9 Å². The molecule has 6 nitrogen and oxygen atoms in total. The summed E-state index contributed by atoms with van der Waals surface area (Å²) >= 11 is 1.77. The molecule has 2 aliphatic rings. The molecule has 0 spiro atoms. The number of amides is 1. The molecule has 33 heavy (non-hydrogen) atoms. The summed E-state index contributed by atoms with van der Waals surface area (Å²) in [5, 5.41) is 0. The Labute approximate surface area is 201 Å². The van der Waals surface area contributed by atoms with Gasteiger partial charge < -0.3 is 19.1 Å². The third-order valence-electron chi connectivity index (χ3n) is 6.87. The van der Waals surface area contributed by atoms with Crippen LogP contribution >= 0.6 is 11.8 Å². The fourth-order valence-electron chi connectivity index (χ4n) is 5.19. The van der Waals surface area contributed by atoms with Crippen LogP contribution in [-0.2, 0) is 17.9 Å². The van der Waals surface area contributed by atoms with E-state index in [2.05, 4.69) is 40.3 Å². The minimum absolute atomic E-state index is 0.242. The maximum atomic E-state index is 12.9. The second-order valence-electron chi connectivity index (χ2n) is 8.79. The van der Waals surface area contributed by atoms with Crippen LogP contribution in [0.4, 0.5) is 0 Å². The fourth-order valence-corrected chi connectivity index (χ4v) is 5.60. The molecule has 0 aliphatic carbocycles. The summed E-state index contributed by atoms with van der Waals surface area (Å²) in [7, 11) is 4.84. The van der Waals surface area contributed by atoms with Gasteiger partial charge in [0.15, 0.2) is 11.5 Å². The molecule has 0 unspecified atom stereocenters. The van der Waals surface area contributed by atoms with Gasteiger partial charge in [-0.25, -0.2) is 0 Å². The first-order valence-electron chi connectivity index (χ1n) is 11.5. The number of fused-ring (bicyclic) bond motifs is 1. The van der Waals surface area contributed by atoms with Gasteiger partial charge in [0.25, 0.3) is 0 Å². The molecule has 1 amide bonds. The number of rotatable bonds is 8. The quantitative estimate of drug-likeness (QED) is 0.532. The van der Waals surface area contributed by atoms with Crippen molar-refractivity contribution >= 4 is 17.7 Å². The lowest BCUT2D eigenvalue weighted by Gasteiger charge is -2.47. The smallest absolute Gasteiger partial charge is 0.223 e. The van der Waals surface area contributed by atoms with E-state index in [1.165, 1.54) is 10.5 Å². The zero-order valence-corrected chi connectivity index (χ0v) is 20.8. The van der Waals surface area contributed by atoms with Crippen molar-refractivity contribution in [1.29, 1.82) is 0 Å². The van der Waals surface area contributed by atoms with Crippen LogP contribution < -0.4 is 14.2 Å². The molecule has 4 rings (SSSR count). The number of likely N-dealkylation sites (tertiary alicyclic amines) is 2. The van der Waals surface area contributed by atoms with Crippen LogP contribution in [0.25, 0.3) is 0 Å². The largest absolute Gasteiger partial charge is 0.493 e. The van der Waals surface area contributed by atoms with Gasteiger partial charge in [-0.1, -0.05) is 12.1 Å². The SMILES string of the molecule is COc1cc(CN2C(=O)CC[C@@H]3CN(Cc4ccc(SC)cc4)CC[C@@H]32)cc(OC)c1OC. The lowest BCUT2D eigenvalue weighted by atomic mass is 9.83. The highest BCUT2D eigenvalue weighted by atomic mass is 32.2. The van der Waals surface area contributed by atoms with Crippen molar-refractivity contribution in [2.45, 2.75) is 43.3 Å². The average molecular weight is 471 g/mol. The van der Waals surface area contributed by atoms with Crippen molar-refractivity contribution in [1.82, 2.24) is 9.80 Å². The van der Waals surface area contributed by atoms with E-state index in [0.717, 1.165) is 38.0 Å². The molecule has 7 heteroatoms. The zero-order chi connectivity index (χ0) is 23.4. The third kappa shape index (κ3) is 5.25. The van der Waals surface area contributed by atoms with Gasteiger partial charge in [-0.05, 0) is 60.4 Å². The van der Waals surface area contributed by atoms with Crippen LogP contribution in [-0.4, -0.2) is 62.4 Å². The Morgan fingerprint density at radius 1 is 0.939 bits per heavy atom. The molecule has 0 N–H and O–H groups in total. The van der Waals surface area contributed by atoms with Crippen LogP contribution in [0, 0.1) is 5.92 Å². The molecule has 2 aromatic carbocycles. The summed E-state index contributed by atoms with van der Waals surface area (Å²) < 4.78 is 16.5. The predicted octanol–water partition coefficient (Wildman–Crippen LogP) is 4.45. The molecule has 2 aliphatic heterocycles. The summed E-state index contributed by atoms with van der Waals surface area (Å²) in [4.78, 5) is 18.9. The summed E-state index contributed by atoms with van der Waals surface area (Å²) in [6, 6.07) is 13.0. The van der Waals surface area contributed by atoms with Gasteiger partial charge in [0.05, 0.1) is 21.3 Å². The lowest BCUT2D eigenvalue weighted by molar-refractivity contribution is -0.142. The Balaban J connectivity index is 1.46. The first kappa shape index (κ1) is 23.8. The Kier molecular flexibility index (Phi) is 7.71. The third-order valence-corrected chi connectivity index (χ3v) is 7.61. The van der Waals surface area contributed by atoms with Crippen LogP contribution in [0.15, 0.2) is 41.3 Å². The van der Waals surface area contributed by atoms with Gasteiger partial charge in [0.2, 0.25) is 11.7 Å². The van der Waals surface area contributed by atoms with E-state index in [4.69, 9.17) is 14.2 Å². The highest BCUT2D eigenvalue weighted by molar-refractivity contribution is 7.98. The number of carbonyl (C=O) groups is 1. The van der Waals surface area contributed by atoms with E-state index in [1.54, 1.807) is 33.1 Å². The standard InChI is InChI=1S/C26H34N2O4S/c1-30-23-13-19(14-24(31-2)26(23)32-3)16-28-22-11-12-27(17-20(22)7-10-25(28)29)15-18-5-8-21(33-4)9-6-18/h5-6,8-9,13-14,20,22H,7,10-12,15-17H2,1-4H3/t20-,22+/m1/s1. The number of hydrogen-bond donors (Lipinski definition) is 0. The van der Waals surface area contributed by atoms with Crippen molar-refractivity contribution in [3.63, 3.8) is 0 Å². The molecule has 2 heterocycles. The van der Waals surface area contributed by atoms with Crippen molar-refractivity contribution in [2.24, 2.45) is 5.92 Å². The Morgan fingerprint density at radius 2 is 1.64 bits per heavy atom. The molecule has 2 fully saturated rings. The minimum atomic E-state index is 0.242. The fraction of sp³-hybridized carbons (Fsp3) is 0.500. The van der Waals surface area contributed by atoms with Crippen LogP contribution in [0.5, 0.6) is 17.2 Å². The summed E-state index contributed by atoms with van der Waals surface area (Å²) in [6.07, 6.45) is 4.69. The molecular weight excluding hydrogens is 436 g/mol. The van der Waals surface area contributed by atoms with Gasteiger partial charge in [-0.15, -0.1) is 11.8 Å². The number of benzene rings is 2. The Morgan fingerprint density at radius 3 is 2.24 bits per heavy atom.